The number of thiophene rings is 1. The molecule has 0 fully saturated rings. The van der Waals surface area contributed by atoms with Gasteiger partial charge in [0.1, 0.15) is 15.7 Å². The first-order valence-electron chi connectivity index (χ1n) is 5.70. The van der Waals surface area contributed by atoms with Crippen LogP contribution < -0.4 is 4.72 Å². The smallest absolute Gasteiger partial charge is 0.253 e. The molecule has 108 valence electrons. The van der Waals surface area contributed by atoms with Crippen molar-refractivity contribution in [2.75, 3.05) is 4.72 Å². The minimum Gasteiger partial charge on any atom is -0.253 e. The molecule has 3 aromatic rings. The van der Waals surface area contributed by atoms with Gasteiger partial charge in [-0.1, -0.05) is 23.5 Å². The number of hydrogen-bond acceptors (Lipinski definition) is 6. The molecule has 2 heterocycles. The Hall–Kier alpha value is -1.84. The minimum absolute atomic E-state index is 0.0967. The summed E-state index contributed by atoms with van der Waals surface area (Å²) in [6, 6.07) is 7.02. The van der Waals surface area contributed by atoms with Crippen molar-refractivity contribution in [3.05, 3.63) is 46.9 Å². The third kappa shape index (κ3) is 2.94. The van der Waals surface area contributed by atoms with E-state index in [0.29, 0.717) is 5.01 Å². The molecule has 0 amide bonds. The summed E-state index contributed by atoms with van der Waals surface area (Å²) in [6.07, 6.45) is 0. The van der Waals surface area contributed by atoms with E-state index < -0.39 is 20.7 Å². The van der Waals surface area contributed by atoms with Gasteiger partial charge < -0.3 is 0 Å². The second-order valence-corrected chi connectivity index (χ2v) is 7.37. The third-order valence-corrected chi connectivity index (χ3v) is 5.61. The van der Waals surface area contributed by atoms with Crippen LogP contribution >= 0.6 is 22.7 Å². The summed E-state index contributed by atoms with van der Waals surface area (Å²) >= 11 is 2.60. The van der Waals surface area contributed by atoms with Gasteiger partial charge in [0.05, 0.1) is 0 Å². The van der Waals surface area contributed by atoms with Gasteiger partial charge in [0.2, 0.25) is 5.13 Å². The van der Waals surface area contributed by atoms with Crippen LogP contribution in [-0.4, -0.2) is 18.6 Å². The van der Waals surface area contributed by atoms with E-state index in [2.05, 4.69) is 14.9 Å². The number of halogens is 1. The van der Waals surface area contributed by atoms with E-state index in [1.807, 2.05) is 16.8 Å². The molecule has 0 saturated carbocycles. The highest BCUT2D eigenvalue weighted by molar-refractivity contribution is 7.93. The Kier molecular flexibility index (Phi) is 3.70. The van der Waals surface area contributed by atoms with Gasteiger partial charge in [0, 0.05) is 10.9 Å². The number of benzene rings is 1. The SMILES string of the molecule is O=S(=O)(Nc1nnc(-c2ccsc2)s1)c1ccccc1F. The standard InChI is InChI=1S/C12H8FN3O2S3/c13-9-3-1-2-4-10(9)21(17,18)16-12-15-14-11(20-12)8-5-6-19-7-8/h1-7H,(H,15,16). The van der Waals surface area contributed by atoms with Crippen LogP contribution in [0.15, 0.2) is 46.0 Å². The highest BCUT2D eigenvalue weighted by Crippen LogP contribution is 2.29. The van der Waals surface area contributed by atoms with E-state index in [0.717, 1.165) is 23.0 Å². The van der Waals surface area contributed by atoms with Crippen molar-refractivity contribution in [1.82, 2.24) is 10.2 Å². The van der Waals surface area contributed by atoms with E-state index in [1.165, 1.54) is 29.5 Å². The molecule has 1 aromatic carbocycles. The lowest BCUT2D eigenvalue weighted by molar-refractivity contribution is 0.570. The van der Waals surface area contributed by atoms with Gasteiger partial charge >= 0.3 is 0 Å². The molecule has 0 saturated heterocycles. The molecule has 1 N–H and O–H groups in total. The average Bonchev–Trinajstić information content (AvgIpc) is 3.09. The Balaban J connectivity index is 1.88. The molecule has 2 aromatic heterocycles. The molecular formula is C12H8FN3O2S3. The number of hydrogen-bond donors (Lipinski definition) is 1. The summed E-state index contributed by atoms with van der Waals surface area (Å²) in [7, 11) is -4.01. The summed E-state index contributed by atoms with van der Waals surface area (Å²) < 4.78 is 40.0. The van der Waals surface area contributed by atoms with Crippen LogP contribution in [0.3, 0.4) is 0 Å². The summed E-state index contributed by atoms with van der Waals surface area (Å²) in [5.41, 5.74) is 0.869. The second kappa shape index (κ2) is 5.51. The molecule has 0 spiro atoms. The normalized spacial score (nSPS) is 11.5. The van der Waals surface area contributed by atoms with Crippen molar-refractivity contribution in [2.45, 2.75) is 4.90 Å². The zero-order valence-electron chi connectivity index (χ0n) is 10.4. The van der Waals surface area contributed by atoms with Gasteiger partial charge in [0.15, 0.2) is 0 Å². The van der Waals surface area contributed by atoms with Crippen molar-refractivity contribution in [1.29, 1.82) is 0 Å². The number of anilines is 1. The maximum Gasteiger partial charge on any atom is 0.266 e. The fourth-order valence-electron chi connectivity index (χ4n) is 1.60. The number of nitrogens with one attached hydrogen (secondary N) is 1. The van der Waals surface area contributed by atoms with Crippen molar-refractivity contribution in [2.24, 2.45) is 0 Å². The van der Waals surface area contributed by atoms with Crippen molar-refractivity contribution < 1.29 is 12.8 Å². The number of rotatable bonds is 4. The van der Waals surface area contributed by atoms with E-state index in [4.69, 9.17) is 0 Å². The van der Waals surface area contributed by atoms with Crippen LogP contribution in [0, 0.1) is 5.82 Å². The van der Waals surface area contributed by atoms with Crippen LogP contribution in [0.5, 0.6) is 0 Å². The van der Waals surface area contributed by atoms with Gasteiger partial charge in [0.25, 0.3) is 10.0 Å². The maximum atomic E-state index is 13.6. The molecule has 9 heteroatoms. The molecule has 0 aliphatic heterocycles. The first-order valence-corrected chi connectivity index (χ1v) is 8.94. The van der Waals surface area contributed by atoms with Gasteiger partial charge in [-0.2, -0.15) is 11.3 Å². The maximum absolute atomic E-state index is 13.6. The van der Waals surface area contributed by atoms with Crippen LogP contribution in [0.25, 0.3) is 10.6 Å². The first-order chi connectivity index (χ1) is 10.1. The molecule has 5 nitrogen and oxygen atoms in total. The third-order valence-electron chi connectivity index (χ3n) is 2.54. The zero-order valence-corrected chi connectivity index (χ0v) is 12.8. The Morgan fingerprint density at radius 1 is 1.14 bits per heavy atom. The van der Waals surface area contributed by atoms with E-state index >= 15 is 0 Å². The molecule has 0 radical (unpaired) electrons. The fourth-order valence-corrected chi connectivity index (χ4v) is 4.37. The second-order valence-electron chi connectivity index (χ2n) is 3.96. The predicted octanol–water partition coefficient (Wildman–Crippen LogP) is 3.21. The molecule has 0 atom stereocenters. The van der Waals surface area contributed by atoms with E-state index in [1.54, 1.807) is 0 Å². The summed E-state index contributed by atoms with van der Waals surface area (Å²) in [5, 5.41) is 12.2. The molecule has 3 rings (SSSR count). The topological polar surface area (TPSA) is 72.0 Å². The Morgan fingerprint density at radius 3 is 2.67 bits per heavy atom. The lowest BCUT2D eigenvalue weighted by Crippen LogP contribution is -2.14. The fraction of sp³-hybridized carbons (Fsp3) is 0. The lowest BCUT2D eigenvalue weighted by atomic mass is 10.4. The molecule has 0 unspecified atom stereocenters. The molecule has 0 aliphatic carbocycles. The number of nitrogens with zero attached hydrogens (tertiary/aromatic N) is 2. The average molecular weight is 341 g/mol. The van der Waals surface area contributed by atoms with Crippen LogP contribution in [0.2, 0.25) is 0 Å². The molecule has 0 bridgehead atoms. The Labute approximate surface area is 128 Å². The predicted molar refractivity (Wildman–Crippen MR) is 80.4 cm³/mol. The quantitative estimate of drug-likeness (QED) is 0.791. The van der Waals surface area contributed by atoms with Gasteiger partial charge in [-0.05, 0) is 23.6 Å². The molecular weight excluding hydrogens is 333 g/mol. The van der Waals surface area contributed by atoms with E-state index in [9.17, 15) is 12.8 Å². The number of aromatic nitrogens is 2. The highest BCUT2D eigenvalue weighted by atomic mass is 32.2. The van der Waals surface area contributed by atoms with Crippen molar-refractivity contribution >= 4 is 37.8 Å². The lowest BCUT2D eigenvalue weighted by Gasteiger charge is -2.04. The Bertz CT molecular complexity index is 860. The first kappa shape index (κ1) is 14.1. The van der Waals surface area contributed by atoms with Crippen LogP contribution in [-0.2, 0) is 10.0 Å². The van der Waals surface area contributed by atoms with Gasteiger partial charge in [-0.3, -0.25) is 4.72 Å². The van der Waals surface area contributed by atoms with Crippen molar-refractivity contribution in [3.63, 3.8) is 0 Å². The molecule has 0 aliphatic rings. The molecule has 21 heavy (non-hydrogen) atoms. The largest absolute Gasteiger partial charge is 0.266 e. The zero-order chi connectivity index (χ0) is 14.9. The summed E-state index contributed by atoms with van der Waals surface area (Å²) in [5.74, 6) is -0.812. The monoisotopic (exact) mass is 341 g/mol. The van der Waals surface area contributed by atoms with Crippen LogP contribution in [0.4, 0.5) is 9.52 Å². The highest BCUT2D eigenvalue weighted by Gasteiger charge is 2.20. The minimum atomic E-state index is -4.01. The van der Waals surface area contributed by atoms with Crippen LogP contribution in [0.1, 0.15) is 0 Å². The Morgan fingerprint density at radius 2 is 1.95 bits per heavy atom. The summed E-state index contributed by atoms with van der Waals surface area (Å²) in [6.45, 7) is 0. The van der Waals surface area contributed by atoms with E-state index in [-0.39, 0.29) is 5.13 Å². The van der Waals surface area contributed by atoms with Crippen molar-refractivity contribution in [3.8, 4) is 10.6 Å². The summed E-state index contributed by atoms with van der Waals surface area (Å²) in [4.78, 5) is -0.419. The van der Waals surface area contributed by atoms with Gasteiger partial charge in [-0.25, -0.2) is 12.8 Å². The van der Waals surface area contributed by atoms with Gasteiger partial charge in [-0.15, -0.1) is 10.2 Å². The number of sulfonamides is 1.